The number of ether oxygens (including phenoxy) is 2. The molecule has 51 heavy (non-hydrogen) atoms. The second-order valence-electron chi connectivity index (χ2n) is 12.6. The number of carboxylic acid groups (broad SMARTS) is 3. The minimum atomic E-state index is -1.97. The van der Waals surface area contributed by atoms with Crippen LogP contribution in [-0.4, -0.2) is 164 Å². The lowest BCUT2D eigenvalue weighted by Gasteiger charge is -2.33. The van der Waals surface area contributed by atoms with Crippen LogP contribution in [-0.2, 0) is 23.9 Å². The van der Waals surface area contributed by atoms with Crippen molar-refractivity contribution in [1.82, 2.24) is 19.6 Å². The Hall–Kier alpha value is -3.74. The molecule has 0 spiro atoms. The van der Waals surface area contributed by atoms with Gasteiger partial charge in [-0.25, -0.2) is 0 Å². The van der Waals surface area contributed by atoms with E-state index in [0.29, 0.717) is 85.3 Å². The largest absolute Gasteiger partial charge is 0.480 e. The molecule has 3 N–H and O–H groups in total. The molecular weight excluding hydrogens is 671 g/mol. The van der Waals surface area contributed by atoms with Gasteiger partial charge in [0.05, 0.1) is 52.2 Å². The van der Waals surface area contributed by atoms with E-state index in [4.69, 9.17) is 9.47 Å². The highest BCUT2D eigenvalue weighted by Gasteiger charge is 2.44. The highest BCUT2D eigenvalue weighted by atomic mass is 31.2. The van der Waals surface area contributed by atoms with Crippen LogP contribution in [0.2, 0.25) is 0 Å². The van der Waals surface area contributed by atoms with Gasteiger partial charge in [0.1, 0.15) is 23.2 Å². The molecule has 3 aromatic rings. The summed E-state index contributed by atoms with van der Waals surface area (Å²) in [6.45, 7) is 5.63. The summed E-state index contributed by atoms with van der Waals surface area (Å²) in [4.78, 5) is 42.1. The highest BCUT2D eigenvalue weighted by molar-refractivity contribution is 7.95. The Labute approximate surface area is 301 Å². The van der Waals surface area contributed by atoms with Crippen LogP contribution in [0.25, 0.3) is 0 Å². The summed E-state index contributed by atoms with van der Waals surface area (Å²) in [7, 11) is -1.97. The van der Waals surface area contributed by atoms with E-state index in [0.717, 1.165) is 6.16 Å². The summed E-state index contributed by atoms with van der Waals surface area (Å²) < 4.78 is 12.2. The summed E-state index contributed by atoms with van der Waals surface area (Å²) in [5.74, 6) is -2.86. The first-order chi connectivity index (χ1) is 24.8. The van der Waals surface area contributed by atoms with Gasteiger partial charge in [-0.2, -0.15) is 0 Å². The summed E-state index contributed by atoms with van der Waals surface area (Å²) in [5.41, 5.74) is 0. The molecule has 1 aliphatic heterocycles. The number of carbonyl (C=O) groups is 3. The lowest BCUT2D eigenvalue weighted by Crippen LogP contribution is -2.48. The van der Waals surface area contributed by atoms with E-state index in [-0.39, 0.29) is 19.6 Å². The zero-order valence-corrected chi connectivity index (χ0v) is 30.2. The van der Waals surface area contributed by atoms with Crippen LogP contribution in [0.4, 0.5) is 0 Å². The second kappa shape index (κ2) is 21.6. The van der Waals surface area contributed by atoms with Crippen LogP contribution in [0.5, 0.6) is 0 Å². The molecular formula is C38H52N4O8P+. The van der Waals surface area contributed by atoms with Crippen LogP contribution >= 0.6 is 7.26 Å². The summed E-state index contributed by atoms with van der Waals surface area (Å²) in [6.07, 6.45) is 0.854. The van der Waals surface area contributed by atoms with Crippen molar-refractivity contribution in [3.8, 4) is 0 Å². The normalized spacial score (nSPS) is 16.2. The fraction of sp³-hybridized carbons (Fsp3) is 0.447. The van der Waals surface area contributed by atoms with Crippen molar-refractivity contribution in [3.05, 3.63) is 91.0 Å². The van der Waals surface area contributed by atoms with Crippen molar-refractivity contribution in [1.29, 1.82) is 0 Å². The third-order valence-corrected chi connectivity index (χ3v) is 13.5. The minimum absolute atomic E-state index is 0.143. The molecule has 1 aliphatic rings. The Kier molecular flexibility index (Phi) is 16.9. The van der Waals surface area contributed by atoms with E-state index in [1.54, 1.807) is 4.90 Å². The second-order valence-corrected chi connectivity index (χ2v) is 16.2. The van der Waals surface area contributed by atoms with Gasteiger partial charge in [0.25, 0.3) is 0 Å². The number of hydrogen-bond acceptors (Lipinski definition) is 9. The van der Waals surface area contributed by atoms with Gasteiger partial charge in [0, 0.05) is 58.9 Å². The fourth-order valence-corrected chi connectivity index (χ4v) is 10.6. The maximum Gasteiger partial charge on any atom is 0.317 e. The smallest absolute Gasteiger partial charge is 0.317 e. The third-order valence-electron chi connectivity index (χ3n) is 9.09. The van der Waals surface area contributed by atoms with E-state index in [1.165, 1.54) is 15.9 Å². The first-order valence-corrected chi connectivity index (χ1v) is 19.5. The molecule has 13 heteroatoms. The van der Waals surface area contributed by atoms with Gasteiger partial charge in [-0.05, 0) is 36.4 Å². The van der Waals surface area contributed by atoms with Gasteiger partial charge in [0.15, 0.2) is 0 Å². The molecule has 276 valence electrons. The summed E-state index contributed by atoms with van der Waals surface area (Å²) in [6, 6.07) is 32.1. The molecule has 0 radical (unpaired) electrons. The van der Waals surface area contributed by atoms with E-state index in [1.807, 2.05) is 9.80 Å². The van der Waals surface area contributed by atoms with E-state index in [2.05, 4.69) is 95.9 Å². The Morgan fingerprint density at radius 1 is 0.471 bits per heavy atom. The molecule has 0 bridgehead atoms. The Morgan fingerprint density at radius 3 is 1.12 bits per heavy atom. The van der Waals surface area contributed by atoms with Crippen molar-refractivity contribution in [2.75, 3.05) is 111 Å². The summed E-state index contributed by atoms with van der Waals surface area (Å²) >= 11 is 0. The van der Waals surface area contributed by atoms with Crippen LogP contribution in [0.3, 0.4) is 0 Å². The lowest BCUT2D eigenvalue weighted by molar-refractivity contribution is -0.140. The monoisotopic (exact) mass is 723 g/mol. The van der Waals surface area contributed by atoms with Crippen LogP contribution in [0, 0.1) is 0 Å². The number of rotatable bonds is 18. The Bertz CT molecular complexity index is 1340. The first kappa shape index (κ1) is 40.0. The molecule has 4 rings (SSSR count). The van der Waals surface area contributed by atoms with Crippen molar-refractivity contribution in [2.45, 2.75) is 0 Å². The minimum Gasteiger partial charge on any atom is -0.480 e. The lowest BCUT2D eigenvalue weighted by atomic mass is 10.3. The Morgan fingerprint density at radius 2 is 0.784 bits per heavy atom. The standard InChI is InChI=1S/C38H51N4O8P/c43-36(44)30-40-18-16-39(17-19-41(31-37(45)46)21-23-42(22-20-40)32-38(47)48)24-25-49-26-27-50-28-29-51(33-10-4-1-5-11-33,34-12-6-2-7-13-34)35-14-8-3-9-15-35/h1-15H,16-32H2,(H2-,43,44,45,46,47,48)/p+1. The number of benzene rings is 3. The van der Waals surface area contributed by atoms with Crippen LogP contribution in [0.15, 0.2) is 91.0 Å². The predicted octanol–water partition coefficient (Wildman–Crippen LogP) is 1.49. The first-order valence-electron chi connectivity index (χ1n) is 17.5. The van der Waals surface area contributed by atoms with Gasteiger partial charge >= 0.3 is 17.9 Å². The zero-order valence-electron chi connectivity index (χ0n) is 29.3. The molecule has 1 saturated heterocycles. The molecule has 3 aromatic carbocycles. The van der Waals surface area contributed by atoms with Gasteiger partial charge in [-0.1, -0.05) is 54.6 Å². The number of nitrogens with zero attached hydrogens (tertiary/aromatic N) is 4. The fourth-order valence-electron chi connectivity index (χ4n) is 6.45. The average molecular weight is 724 g/mol. The topological polar surface area (TPSA) is 143 Å². The van der Waals surface area contributed by atoms with E-state index < -0.39 is 25.2 Å². The molecule has 1 heterocycles. The molecule has 0 saturated carbocycles. The van der Waals surface area contributed by atoms with Gasteiger partial charge in [-0.15, -0.1) is 0 Å². The van der Waals surface area contributed by atoms with Gasteiger partial charge < -0.3 is 24.8 Å². The van der Waals surface area contributed by atoms with Gasteiger partial charge in [0.2, 0.25) is 0 Å². The molecule has 0 amide bonds. The molecule has 0 aliphatic carbocycles. The maximum absolute atomic E-state index is 11.6. The van der Waals surface area contributed by atoms with Crippen LogP contribution < -0.4 is 15.9 Å². The van der Waals surface area contributed by atoms with Crippen molar-refractivity contribution >= 4 is 41.1 Å². The molecule has 12 nitrogen and oxygen atoms in total. The third kappa shape index (κ3) is 13.4. The van der Waals surface area contributed by atoms with Crippen molar-refractivity contribution in [2.24, 2.45) is 0 Å². The van der Waals surface area contributed by atoms with Crippen LogP contribution in [0.1, 0.15) is 0 Å². The highest BCUT2D eigenvalue weighted by Crippen LogP contribution is 2.54. The van der Waals surface area contributed by atoms with E-state index in [9.17, 15) is 29.7 Å². The van der Waals surface area contributed by atoms with E-state index >= 15 is 0 Å². The number of carboxylic acids is 3. The SMILES string of the molecule is O=C(O)CN1CCN(CCOCCOCC[P+](c2ccccc2)(c2ccccc2)c2ccccc2)CCN(CC(=O)O)CCN(CC(=O)O)CC1. The molecule has 0 atom stereocenters. The van der Waals surface area contributed by atoms with Gasteiger partial charge in [-0.3, -0.25) is 34.0 Å². The average Bonchev–Trinajstić information content (AvgIpc) is 3.12. The van der Waals surface area contributed by atoms with Crippen molar-refractivity contribution < 1.29 is 39.2 Å². The number of aliphatic carboxylic acids is 3. The molecule has 1 fully saturated rings. The molecule has 0 unspecified atom stereocenters. The quantitative estimate of drug-likeness (QED) is 0.129. The summed E-state index contributed by atoms with van der Waals surface area (Å²) in [5, 5.41) is 32.2. The zero-order chi connectivity index (χ0) is 36.3. The maximum atomic E-state index is 11.6. The number of hydrogen-bond donors (Lipinski definition) is 3. The molecule has 0 aromatic heterocycles. The Balaban J connectivity index is 1.31. The predicted molar refractivity (Wildman–Crippen MR) is 200 cm³/mol. The van der Waals surface area contributed by atoms with Crippen molar-refractivity contribution in [3.63, 3.8) is 0 Å².